The number of hydrogen-bond acceptors (Lipinski definition) is 7. The molecule has 1 unspecified atom stereocenters. The monoisotopic (exact) mass is 472 g/mol. The van der Waals surface area contributed by atoms with Gasteiger partial charge in [0.05, 0.1) is 25.9 Å². The zero-order chi connectivity index (χ0) is 24.4. The lowest BCUT2D eigenvalue weighted by Gasteiger charge is -2.26. The Bertz CT molecular complexity index is 1270. The van der Waals surface area contributed by atoms with Crippen molar-refractivity contribution in [3.63, 3.8) is 0 Å². The number of aromatic amines is 2. The quantitative estimate of drug-likeness (QED) is 0.285. The SMILES string of the molecule is COc1ccc(C(c2c(O)[nH]c(=O)[nH]c2=O)c2n(O)c(C)c(C)[n+]2CCN2CCOCC2)cc1. The molecular formula is C23H30N5O6+. The maximum absolute atomic E-state index is 12.9. The van der Waals surface area contributed by atoms with Crippen LogP contribution in [0.1, 0.15) is 34.3 Å². The summed E-state index contributed by atoms with van der Waals surface area (Å²) in [6.45, 7) is 7.92. The first-order chi connectivity index (χ1) is 16.3. The smallest absolute Gasteiger partial charge is 0.328 e. The lowest BCUT2D eigenvalue weighted by Crippen LogP contribution is -2.48. The van der Waals surface area contributed by atoms with Crippen molar-refractivity contribution in [2.75, 3.05) is 40.0 Å². The molecule has 0 bridgehead atoms. The minimum Gasteiger partial charge on any atom is -0.497 e. The summed E-state index contributed by atoms with van der Waals surface area (Å²) >= 11 is 0. The van der Waals surface area contributed by atoms with Crippen LogP contribution in [0.5, 0.6) is 11.6 Å². The van der Waals surface area contributed by atoms with Gasteiger partial charge in [0.2, 0.25) is 5.88 Å². The van der Waals surface area contributed by atoms with Crippen molar-refractivity contribution in [1.82, 2.24) is 19.6 Å². The van der Waals surface area contributed by atoms with Crippen molar-refractivity contribution in [2.45, 2.75) is 26.3 Å². The summed E-state index contributed by atoms with van der Waals surface area (Å²) in [7, 11) is 1.55. The van der Waals surface area contributed by atoms with E-state index in [-0.39, 0.29) is 5.56 Å². The number of ether oxygens (including phenoxy) is 2. The van der Waals surface area contributed by atoms with E-state index in [1.54, 1.807) is 38.3 Å². The minimum atomic E-state index is -0.881. The summed E-state index contributed by atoms with van der Waals surface area (Å²) in [6.07, 6.45) is 0. The van der Waals surface area contributed by atoms with E-state index in [1.165, 1.54) is 0 Å². The average Bonchev–Trinajstić information content (AvgIpc) is 3.04. The van der Waals surface area contributed by atoms with Gasteiger partial charge in [0.25, 0.3) is 5.56 Å². The highest BCUT2D eigenvalue weighted by Crippen LogP contribution is 2.33. The number of aromatic nitrogens is 4. The first kappa shape index (κ1) is 23.6. The van der Waals surface area contributed by atoms with E-state index in [0.29, 0.717) is 49.1 Å². The summed E-state index contributed by atoms with van der Waals surface area (Å²) < 4.78 is 13.7. The molecule has 0 radical (unpaired) electrons. The number of morpholine rings is 1. The minimum absolute atomic E-state index is 0.0716. The molecule has 1 saturated heterocycles. The molecule has 3 heterocycles. The van der Waals surface area contributed by atoms with E-state index < -0.39 is 23.0 Å². The Morgan fingerprint density at radius 1 is 1.15 bits per heavy atom. The standard InChI is InChI=1S/C23H29N5O6/c1-14-15(2)28(32)22(27(14)9-8-26-10-12-34-13-11-26)18(16-4-6-17(33-3)7-5-16)19-20(29)24-23(31)25-21(19)30/h4-7,18H,8-13H2,1-3H3,(H3-,24,25,29,30,31,32)/p+1. The topological polar surface area (TPSA) is 137 Å². The second-order valence-corrected chi connectivity index (χ2v) is 8.32. The van der Waals surface area contributed by atoms with Gasteiger partial charge in [-0.25, -0.2) is 9.36 Å². The maximum Gasteiger partial charge on any atom is 0.328 e. The second-order valence-electron chi connectivity index (χ2n) is 8.32. The highest BCUT2D eigenvalue weighted by atomic mass is 16.5. The largest absolute Gasteiger partial charge is 0.497 e. The molecule has 1 aliphatic rings. The number of nitrogens with one attached hydrogen (secondary N) is 2. The molecule has 1 aliphatic heterocycles. The lowest BCUT2D eigenvalue weighted by atomic mass is 9.91. The molecule has 1 aromatic carbocycles. The molecule has 1 fully saturated rings. The number of methoxy groups -OCH3 is 1. The Hall–Kier alpha value is -3.57. The number of H-pyrrole nitrogens is 2. The van der Waals surface area contributed by atoms with Gasteiger partial charge in [0, 0.05) is 33.5 Å². The van der Waals surface area contributed by atoms with Crippen molar-refractivity contribution in [1.29, 1.82) is 0 Å². The molecule has 34 heavy (non-hydrogen) atoms. The summed E-state index contributed by atoms with van der Waals surface area (Å²) in [5.41, 5.74) is 0.435. The zero-order valence-electron chi connectivity index (χ0n) is 19.5. The van der Waals surface area contributed by atoms with E-state index in [9.17, 15) is 19.9 Å². The van der Waals surface area contributed by atoms with Crippen LogP contribution in [0.15, 0.2) is 33.9 Å². The Labute approximate surface area is 195 Å². The third-order valence-electron chi connectivity index (χ3n) is 6.44. The summed E-state index contributed by atoms with van der Waals surface area (Å²) in [4.78, 5) is 31.4. The number of nitrogens with zero attached hydrogens (tertiary/aromatic N) is 3. The van der Waals surface area contributed by atoms with Gasteiger partial charge in [0.1, 0.15) is 23.9 Å². The molecule has 1 atom stereocenters. The van der Waals surface area contributed by atoms with E-state index in [0.717, 1.165) is 23.5 Å². The van der Waals surface area contributed by atoms with Crippen LogP contribution >= 0.6 is 0 Å². The summed E-state index contributed by atoms with van der Waals surface area (Å²) in [6, 6.07) is 7.00. The van der Waals surface area contributed by atoms with Gasteiger partial charge in [-0.1, -0.05) is 12.1 Å². The molecule has 11 nitrogen and oxygen atoms in total. The Kier molecular flexibility index (Phi) is 6.75. The Balaban J connectivity index is 1.88. The number of hydrogen-bond donors (Lipinski definition) is 4. The van der Waals surface area contributed by atoms with Crippen molar-refractivity contribution in [3.05, 3.63) is 73.4 Å². The van der Waals surface area contributed by atoms with E-state index >= 15 is 0 Å². The number of imidazole rings is 1. The predicted octanol–water partition coefficient (Wildman–Crippen LogP) is 0.233. The first-order valence-electron chi connectivity index (χ1n) is 11.1. The normalized spacial score (nSPS) is 15.4. The van der Waals surface area contributed by atoms with E-state index in [4.69, 9.17) is 9.47 Å². The lowest BCUT2D eigenvalue weighted by molar-refractivity contribution is -0.710. The number of rotatable bonds is 7. The molecule has 11 heteroatoms. The van der Waals surface area contributed by atoms with Crippen molar-refractivity contribution in [3.8, 4) is 11.6 Å². The molecule has 4 N–H and O–H groups in total. The molecule has 0 aliphatic carbocycles. The van der Waals surface area contributed by atoms with Crippen LogP contribution in [0.25, 0.3) is 0 Å². The van der Waals surface area contributed by atoms with Gasteiger partial charge in [-0.05, 0) is 22.4 Å². The van der Waals surface area contributed by atoms with Crippen LogP contribution in [-0.2, 0) is 11.3 Å². The molecule has 182 valence electrons. The summed E-state index contributed by atoms with van der Waals surface area (Å²) in [5.74, 6) is -0.422. The van der Waals surface area contributed by atoms with Gasteiger partial charge in [-0.2, -0.15) is 0 Å². The first-order valence-corrected chi connectivity index (χ1v) is 11.1. The number of benzene rings is 1. The molecule has 0 spiro atoms. The van der Waals surface area contributed by atoms with E-state index in [2.05, 4.69) is 14.9 Å². The number of aromatic hydroxyl groups is 1. The zero-order valence-corrected chi connectivity index (χ0v) is 19.5. The van der Waals surface area contributed by atoms with Crippen molar-refractivity contribution >= 4 is 0 Å². The summed E-state index contributed by atoms with van der Waals surface area (Å²) in [5, 5.41) is 21.8. The fourth-order valence-corrected chi connectivity index (χ4v) is 4.43. The van der Waals surface area contributed by atoms with Gasteiger partial charge in [-0.15, -0.1) is 0 Å². The van der Waals surface area contributed by atoms with Gasteiger partial charge < -0.3 is 19.8 Å². The van der Waals surface area contributed by atoms with Crippen LogP contribution in [0.4, 0.5) is 0 Å². The van der Waals surface area contributed by atoms with Gasteiger partial charge in [-0.3, -0.25) is 19.7 Å². The molecule has 2 aromatic heterocycles. The van der Waals surface area contributed by atoms with Crippen molar-refractivity contribution < 1.29 is 24.4 Å². The molecule has 0 saturated carbocycles. The third kappa shape index (κ3) is 4.44. The van der Waals surface area contributed by atoms with Crippen molar-refractivity contribution in [2.24, 2.45) is 0 Å². The van der Waals surface area contributed by atoms with Crippen LogP contribution < -0.4 is 20.6 Å². The average molecular weight is 473 g/mol. The third-order valence-corrected chi connectivity index (χ3v) is 6.44. The molecule has 0 amide bonds. The highest BCUT2D eigenvalue weighted by molar-refractivity contribution is 5.42. The van der Waals surface area contributed by atoms with Crippen LogP contribution in [0.3, 0.4) is 0 Å². The van der Waals surface area contributed by atoms with Crippen LogP contribution in [-0.4, -0.2) is 69.9 Å². The second kappa shape index (κ2) is 9.74. The maximum atomic E-state index is 12.9. The highest BCUT2D eigenvalue weighted by Gasteiger charge is 2.38. The fraction of sp³-hybridized carbons (Fsp3) is 0.435. The van der Waals surface area contributed by atoms with Crippen LogP contribution in [0, 0.1) is 13.8 Å². The molecular weight excluding hydrogens is 442 g/mol. The molecule has 3 aromatic rings. The Morgan fingerprint density at radius 3 is 2.44 bits per heavy atom. The van der Waals surface area contributed by atoms with Gasteiger partial charge >= 0.3 is 11.5 Å². The molecule has 4 rings (SSSR count). The van der Waals surface area contributed by atoms with Crippen LogP contribution in [0.2, 0.25) is 0 Å². The van der Waals surface area contributed by atoms with Gasteiger partial charge in [0.15, 0.2) is 5.69 Å². The Morgan fingerprint density at radius 2 is 1.82 bits per heavy atom. The predicted molar refractivity (Wildman–Crippen MR) is 122 cm³/mol. The van der Waals surface area contributed by atoms with E-state index in [1.807, 2.05) is 11.5 Å². The fourth-order valence-electron chi connectivity index (χ4n) is 4.43.